The predicted octanol–water partition coefficient (Wildman–Crippen LogP) is 8.46. The Morgan fingerprint density at radius 1 is 1.11 bits per heavy atom. The van der Waals surface area contributed by atoms with Crippen molar-refractivity contribution in [3.8, 4) is 5.00 Å². The summed E-state index contributed by atoms with van der Waals surface area (Å²) in [6.45, 7) is 10.3. The van der Waals surface area contributed by atoms with Crippen molar-refractivity contribution in [2.45, 2.75) is 72.6 Å². The van der Waals surface area contributed by atoms with Crippen LogP contribution in [0.4, 0.5) is 5.69 Å². The molecule has 0 spiro atoms. The number of aromatic nitrogens is 3. The largest absolute Gasteiger partial charge is 0.322 e. The monoisotopic (exact) mass is 669 g/mol. The summed E-state index contributed by atoms with van der Waals surface area (Å²) in [5.41, 5.74) is 7.18. The highest BCUT2D eigenvalue weighted by molar-refractivity contribution is 9.10. The van der Waals surface area contributed by atoms with Crippen molar-refractivity contribution >= 4 is 56.0 Å². The SMILES string of the molecule is CC[C@H](C)c1nc2ccc(Br)cc2c(=O)n1N=Cc1cc(C)n(-c2sc3c(c2C(=O)Nc2ccc(C)cc2)CCCC3)c1C. The molecule has 0 fully saturated rings. The fourth-order valence-corrected chi connectivity index (χ4v) is 7.76. The van der Waals surface area contributed by atoms with E-state index in [0.29, 0.717) is 16.7 Å². The van der Waals surface area contributed by atoms with E-state index in [2.05, 4.69) is 52.7 Å². The van der Waals surface area contributed by atoms with Crippen molar-refractivity contribution in [2.75, 3.05) is 5.32 Å². The lowest BCUT2D eigenvalue weighted by Crippen LogP contribution is -2.23. The quantitative estimate of drug-likeness (QED) is 0.177. The average molecular weight is 671 g/mol. The van der Waals surface area contributed by atoms with Crippen LogP contribution in [0.25, 0.3) is 15.9 Å². The Balaban J connectivity index is 1.43. The zero-order valence-electron chi connectivity index (χ0n) is 25.7. The number of amides is 1. The summed E-state index contributed by atoms with van der Waals surface area (Å²) < 4.78 is 4.43. The molecule has 5 aromatic rings. The second-order valence-electron chi connectivity index (χ2n) is 11.7. The molecule has 0 radical (unpaired) electrons. The van der Waals surface area contributed by atoms with Crippen LogP contribution in [0.5, 0.6) is 0 Å². The van der Waals surface area contributed by atoms with E-state index >= 15 is 0 Å². The van der Waals surface area contributed by atoms with Gasteiger partial charge in [-0.15, -0.1) is 11.3 Å². The minimum absolute atomic E-state index is 0.0485. The fraction of sp³-hybridized carbons (Fsp3) is 0.314. The van der Waals surface area contributed by atoms with Gasteiger partial charge in [-0.25, -0.2) is 4.98 Å². The summed E-state index contributed by atoms with van der Waals surface area (Å²) in [5, 5.41) is 9.33. The first-order chi connectivity index (χ1) is 21.2. The minimum atomic E-state index is -0.197. The molecule has 226 valence electrons. The molecule has 9 heteroatoms. The Labute approximate surface area is 269 Å². The van der Waals surface area contributed by atoms with Crippen molar-refractivity contribution in [1.82, 2.24) is 14.2 Å². The molecule has 3 heterocycles. The van der Waals surface area contributed by atoms with Crippen LogP contribution in [0.15, 0.2) is 62.9 Å². The van der Waals surface area contributed by atoms with E-state index in [-0.39, 0.29) is 17.4 Å². The molecule has 2 aromatic carbocycles. The van der Waals surface area contributed by atoms with Gasteiger partial charge < -0.3 is 9.88 Å². The highest BCUT2D eigenvalue weighted by Gasteiger charge is 2.28. The number of halogens is 1. The Bertz CT molecular complexity index is 1980. The van der Waals surface area contributed by atoms with Gasteiger partial charge in [0, 0.05) is 37.9 Å². The van der Waals surface area contributed by atoms with E-state index in [4.69, 9.17) is 10.1 Å². The molecule has 3 aromatic heterocycles. The summed E-state index contributed by atoms with van der Waals surface area (Å²) in [6.07, 6.45) is 6.69. The maximum atomic E-state index is 13.9. The van der Waals surface area contributed by atoms with E-state index < -0.39 is 0 Å². The van der Waals surface area contributed by atoms with Gasteiger partial charge in [-0.2, -0.15) is 9.78 Å². The lowest BCUT2D eigenvalue weighted by Gasteiger charge is -2.15. The topological polar surface area (TPSA) is 81.3 Å². The number of carbonyl (C=O) groups excluding carboxylic acids is 1. The number of aryl methyl sites for hydroxylation is 3. The fourth-order valence-electron chi connectivity index (χ4n) is 5.90. The van der Waals surface area contributed by atoms with E-state index in [1.54, 1.807) is 23.6 Å². The third-order valence-electron chi connectivity index (χ3n) is 8.56. The highest BCUT2D eigenvalue weighted by Crippen LogP contribution is 2.39. The Morgan fingerprint density at radius 2 is 1.86 bits per heavy atom. The Kier molecular flexibility index (Phi) is 8.44. The number of fused-ring (bicyclic) bond motifs is 2. The predicted molar refractivity (Wildman–Crippen MR) is 184 cm³/mol. The van der Waals surface area contributed by atoms with Crippen molar-refractivity contribution in [3.63, 3.8) is 0 Å². The standard InChI is InChI=1S/C35H36BrN5O2S/c1-6-21(3)32-39-29-16-13-25(36)18-28(29)34(43)41(32)37-19-24-17-22(4)40(23(24)5)35-31(27-9-7-8-10-30(27)44-35)33(42)38-26-14-11-20(2)12-15-26/h11-19,21H,6-10H2,1-5H3,(H,38,42)/t21-/m0/s1. The van der Waals surface area contributed by atoms with Crippen molar-refractivity contribution in [1.29, 1.82) is 0 Å². The summed E-state index contributed by atoms with van der Waals surface area (Å²) in [5.74, 6) is 0.606. The second-order valence-corrected chi connectivity index (χ2v) is 13.7. The molecular formula is C35H36BrN5O2S. The summed E-state index contributed by atoms with van der Waals surface area (Å²) >= 11 is 5.20. The molecule has 1 aliphatic rings. The number of rotatable bonds is 7. The summed E-state index contributed by atoms with van der Waals surface area (Å²) in [6, 6.07) is 15.5. The molecule has 0 bridgehead atoms. The van der Waals surface area contributed by atoms with Gasteiger partial charge in [-0.05, 0) is 94.8 Å². The molecule has 1 N–H and O–H groups in total. The Hall–Kier alpha value is -3.82. The first-order valence-electron chi connectivity index (χ1n) is 15.1. The van der Waals surface area contributed by atoms with Crippen LogP contribution >= 0.6 is 27.3 Å². The maximum Gasteiger partial charge on any atom is 0.282 e. The van der Waals surface area contributed by atoms with E-state index in [1.165, 1.54) is 15.1 Å². The smallest absolute Gasteiger partial charge is 0.282 e. The first kappa shape index (κ1) is 30.2. The van der Waals surface area contributed by atoms with Gasteiger partial charge in [0.1, 0.15) is 10.8 Å². The molecular weight excluding hydrogens is 634 g/mol. The second kappa shape index (κ2) is 12.3. The first-order valence-corrected chi connectivity index (χ1v) is 16.8. The van der Waals surface area contributed by atoms with Gasteiger partial charge >= 0.3 is 0 Å². The van der Waals surface area contributed by atoms with Gasteiger partial charge in [0.15, 0.2) is 0 Å². The van der Waals surface area contributed by atoms with Crippen molar-refractivity contribution in [2.24, 2.45) is 5.10 Å². The molecule has 0 unspecified atom stereocenters. The molecule has 44 heavy (non-hydrogen) atoms. The molecule has 1 atom stereocenters. The number of hydrogen-bond acceptors (Lipinski definition) is 5. The van der Waals surface area contributed by atoms with Crippen molar-refractivity contribution < 1.29 is 4.79 Å². The highest BCUT2D eigenvalue weighted by atomic mass is 79.9. The van der Waals surface area contributed by atoms with Crippen LogP contribution in [-0.2, 0) is 12.8 Å². The zero-order valence-corrected chi connectivity index (χ0v) is 28.1. The van der Waals surface area contributed by atoms with E-state index in [9.17, 15) is 9.59 Å². The molecule has 0 saturated carbocycles. The molecule has 1 aliphatic carbocycles. The van der Waals surface area contributed by atoms with Crippen LogP contribution in [0.3, 0.4) is 0 Å². The van der Waals surface area contributed by atoms with E-state index in [1.807, 2.05) is 50.2 Å². The Morgan fingerprint density at radius 3 is 2.61 bits per heavy atom. The maximum absolute atomic E-state index is 13.9. The minimum Gasteiger partial charge on any atom is -0.322 e. The third-order valence-corrected chi connectivity index (χ3v) is 10.3. The van der Waals surface area contributed by atoms with E-state index in [0.717, 1.165) is 75.3 Å². The average Bonchev–Trinajstić information content (AvgIpc) is 3.53. The lowest BCUT2D eigenvalue weighted by molar-refractivity contribution is 0.102. The van der Waals surface area contributed by atoms with Crippen LogP contribution in [0, 0.1) is 20.8 Å². The molecule has 1 amide bonds. The molecule has 0 aliphatic heterocycles. The molecule has 6 rings (SSSR count). The van der Waals surface area contributed by atoms with Gasteiger partial charge in [-0.3, -0.25) is 9.59 Å². The van der Waals surface area contributed by atoms with Crippen LogP contribution in [-0.4, -0.2) is 26.3 Å². The molecule has 7 nitrogen and oxygen atoms in total. The van der Waals surface area contributed by atoms with Crippen LogP contribution in [0.1, 0.15) is 88.2 Å². The molecule has 0 saturated heterocycles. The van der Waals surface area contributed by atoms with Gasteiger partial charge in [0.2, 0.25) is 0 Å². The number of thiophene rings is 1. The number of hydrogen-bond donors (Lipinski definition) is 1. The van der Waals surface area contributed by atoms with Gasteiger partial charge in [-0.1, -0.05) is 47.5 Å². The number of benzene rings is 2. The number of carbonyl (C=O) groups is 1. The number of nitrogens with one attached hydrogen (secondary N) is 1. The number of anilines is 1. The van der Waals surface area contributed by atoms with Crippen LogP contribution < -0.4 is 10.9 Å². The summed E-state index contributed by atoms with van der Waals surface area (Å²) in [4.78, 5) is 33.7. The van der Waals surface area contributed by atoms with Gasteiger partial charge in [0.05, 0.1) is 22.7 Å². The third kappa shape index (κ3) is 5.59. The summed E-state index contributed by atoms with van der Waals surface area (Å²) in [7, 11) is 0. The zero-order chi connectivity index (χ0) is 31.1. The van der Waals surface area contributed by atoms with Crippen molar-refractivity contribution in [3.05, 3.63) is 108 Å². The lowest BCUT2D eigenvalue weighted by atomic mass is 9.95. The normalized spacial score (nSPS) is 13.9. The van der Waals surface area contributed by atoms with Gasteiger partial charge in [0.25, 0.3) is 11.5 Å². The van der Waals surface area contributed by atoms with Crippen LogP contribution in [0.2, 0.25) is 0 Å². The number of nitrogens with zero attached hydrogens (tertiary/aromatic N) is 4.